The Morgan fingerprint density at radius 1 is 0.276 bits per heavy atom. The Labute approximate surface area is 600 Å². The summed E-state index contributed by atoms with van der Waals surface area (Å²) in [5, 5.41) is 10.6. The summed E-state index contributed by atoms with van der Waals surface area (Å²) in [5.41, 5.74) is 0. The fourth-order valence-corrected chi connectivity index (χ4v) is 13.8. The van der Waals surface area contributed by atoms with E-state index in [-0.39, 0.29) is 25.7 Å². The van der Waals surface area contributed by atoms with Gasteiger partial charge in [-0.15, -0.1) is 0 Å². The first-order chi connectivity index (χ1) is 47.5. The van der Waals surface area contributed by atoms with Gasteiger partial charge in [-0.05, 0) is 31.6 Å². The first kappa shape index (κ1) is 96.1. The van der Waals surface area contributed by atoms with Crippen molar-refractivity contribution in [1.82, 2.24) is 0 Å². The molecule has 0 rings (SSSR count). The van der Waals surface area contributed by atoms with Crippen molar-refractivity contribution in [3.8, 4) is 0 Å². The Balaban J connectivity index is 5.22. The first-order valence-corrected chi connectivity index (χ1v) is 44.1. The van der Waals surface area contributed by atoms with Gasteiger partial charge in [0.15, 0.2) is 12.2 Å². The van der Waals surface area contributed by atoms with Crippen molar-refractivity contribution in [3.05, 3.63) is 0 Å². The van der Waals surface area contributed by atoms with Gasteiger partial charge in [0.05, 0.1) is 26.4 Å². The molecule has 0 aliphatic heterocycles. The summed E-state index contributed by atoms with van der Waals surface area (Å²) in [6, 6.07) is 0. The minimum atomic E-state index is -4.96. The number of esters is 4. The minimum Gasteiger partial charge on any atom is -0.462 e. The zero-order valence-corrected chi connectivity index (χ0v) is 65.7. The number of aliphatic hydroxyl groups is 1. The summed E-state index contributed by atoms with van der Waals surface area (Å²) in [5.74, 6) is -1.31. The molecular formula is C79H154O17P2. The van der Waals surface area contributed by atoms with E-state index in [9.17, 15) is 43.2 Å². The predicted octanol–water partition coefficient (Wildman–Crippen LogP) is 23.6. The molecule has 0 radical (unpaired) electrons. The average Bonchev–Trinajstić information content (AvgIpc) is 1.01. The molecule has 0 aliphatic rings. The van der Waals surface area contributed by atoms with Crippen LogP contribution in [-0.2, 0) is 65.4 Å². The number of carbonyl (C=O) groups is 4. The van der Waals surface area contributed by atoms with Crippen LogP contribution in [0.3, 0.4) is 0 Å². The maximum atomic E-state index is 13.1. The van der Waals surface area contributed by atoms with Crippen molar-refractivity contribution in [2.75, 3.05) is 39.6 Å². The van der Waals surface area contributed by atoms with E-state index in [1.165, 1.54) is 244 Å². The third-order valence-electron chi connectivity index (χ3n) is 18.5. The summed E-state index contributed by atoms with van der Waals surface area (Å²) in [7, 11) is -9.91. The van der Waals surface area contributed by atoms with Crippen molar-refractivity contribution in [2.24, 2.45) is 5.92 Å². The highest BCUT2D eigenvalue weighted by molar-refractivity contribution is 7.47. The van der Waals surface area contributed by atoms with Gasteiger partial charge in [0.25, 0.3) is 0 Å². The van der Waals surface area contributed by atoms with Crippen LogP contribution in [0, 0.1) is 5.92 Å². The van der Waals surface area contributed by atoms with Gasteiger partial charge in [0.2, 0.25) is 0 Å². The number of aliphatic hydroxyl groups excluding tert-OH is 1. The fourth-order valence-electron chi connectivity index (χ4n) is 12.2. The number of carbonyl (C=O) groups excluding carboxylic acids is 4. The molecule has 2 unspecified atom stereocenters. The lowest BCUT2D eigenvalue weighted by atomic mass is 10.0. The lowest BCUT2D eigenvalue weighted by molar-refractivity contribution is -0.161. The van der Waals surface area contributed by atoms with Crippen LogP contribution in [0.25, 0.3) is 0 Å². The van der Waals surface area contributed by atoms with Crippen LogP contribution >= 0.6 is 15.6 Å². The molecule has 0 aromatic heterocycles. The van der Waals surface area contributed by atoms with Crippen LogP contribution in [0.5, 0.6) is 0 Å². The van der Waals surface area contributed by atoms with Crippen molar-refractivity contribution in [3.63, 3.8) is 0 Å². The fraction of sp³-hybridized carbons (Fsp3) is 0.949. The lowest BCUT2D eigenvalue weighted by Gasteiger charge is -2.21. The van der Waals surface area contributed by atoms with E-state index in [0.29, 0.717) is 25.7 Å². The van der Waals surface area contributed by atoms with Gasteiger partial charge in [0.1, 0.15) is 19.3 Å². The maximum absolute atomic E-state index is 13.1. The molecule has 0 aromatic rings. The Bertz CT molecular complexity index is 1870. The third kappa shape index (κ3) is 72.4. The van der Waals surface area contributed by atoms with E-state index in [0.717, 1.165) is 95.8 Å². The largest absolute Gasteiger partial charge is 0.472 e. The van der Waals surface area contributed by atoms with Gasteiger partial charge in [-0.3, -0.25) is 37.3 Å². The van der Waals surface area contributed by atoms with E-state index < -0.39 is 97.5 Å². The van der Waals surface area contributed by atoms with Gasteiger partial charge in [-0.25, -0.2) is 9.13 Å². The molecule has 0 aromatic carbocycles. The van der Waals surface area contributed by atoms with E-state index in [1.54, 1.807) is 0 Å². The first-order valence-electron chi connectivity index (χ1n) is 41.1. The third-order valence-corrected chi connectivity index (χ3v) is 20.4. The molecule has 98 heavy (non-hydrogen) atoms. The molecule has 3 N–H and O–H groups in total. The Morgan fingerprint density at radius 3 is 0.694 bits per heavy atom. The zero-order chi connectivity index (χ0) is 71.9. The molecule has 17 nitrogen and oxygen atoms in total. The van der Waals surface area contributed by atoms with Crippen LogP contribution in [0.2, 0.25) is 0 Å². The van der Waals surface area contributed by atoms with E-state index >= 15 is 0 Å². The van der Waals surface area contributed by atoms with Gasteiger partial charge >= 0.3 is 39.5 Å². The highest BCUT2D eigenvalue weighted by Gasteiger charge is 2.30. The maximum Gasteiger partial charge on any atom is 0.472 e. The van der Waals surface area contributed by atoms with Gasteiger partial charge in [-0.2, -0.15) is 0 Å². The van der Waals surface area contributed by atoms with Crippen molar-refractivity contribution < 1.29 is 80.2 Å². The minimum absolute atomic E-state index is 0.108. The summed E-state index contributed by atoms with van der Waals surface area (Å²) in [6.45, 7) is 7.34. The highest BCUT2D eigenvalue weighted by Crippen LogP contribution is 2.45. The standard InChI is InChI=1S/C79H154O17P2/c1-6-9-12-15-18-21-23-25-27-31-34-38-43-48-53-58-63-77(82)90-69-75(96-79(84)65-60-55-50-45-40-36-32-28-30-33-37-42-46-51-56-61-72(4)5)71-94-98(87,88)92-67-73(80)66-91-97(85,86)93-70-74(68-89-76(81)62-57-52-47-41-20-17-14-11-8-3)95-78(83)64-59-54-49-44-39-35-29-26-24-22-19-16-13-10-7-2/h72-75,80H,6-71H2,1-5H3,(H,85,86)(H,87,88)/t73-,74+,75+/m0/s1. The Hall–Kier alpha value is -1.94. The SMILES string of the molecule is CCCCCCCCCCCCCCCCCCC(=O)OC[C@H](COP(=O)(O)OC[C@@H](O)COP(=O)(O)OC[C@@H](COC(=O)CCCCCCCCCCC)OC(=O)CCCCCCCCCCCCCCCCC)OC(=O)CCCCCCCCCCCCCCCCCC(C)C. The summed E-state index contributed by atoms with van der Waals surface area (Å²) >= 11 is 0. The molecule has 582 valence electrons. The van der Waals surface area contributed by atoms with E-state index in [4.69, 9.17) is 37.0 Å². The summed E-state index contributed by atoms with van der Waals surface area (Å²) in [6.07, 6.45) is 62.3. The van der Waals surface area contributed by atoms with Crippen LogP contribution in [-0.4, -0.2) is 96.7 Å². The Morgan fingerprint density at radius 2 is 0.469 bits per heavy atom. The molecule has 0 amide bonds. The van der Waals surface area contributed by atoms with E-state index in [2.05, 4.69) is 34.6 Å². The highest BCUT2D eigenvalue weighted by atomic mass is 31.2. The summed E-state index contributed by atoms with van der Waals surface area (Å²) in [4.78, 5) is 72.9. The number of phosphoric ester groups is 2. The van der Waals surface area contributed by atoms with Crippen LogP contribution in [0.4, 0.5) is 0 Å². The number of hydrogen-bond acceptors (Lipinski definition) is 15. The van der Waals surface area contributed by atoms with Crippen LogP contribution in [0.1, 0.15) is 420 Å². The van der Waals surface area contributed by atoms with Crippen molar-refractivity contribution >= 4 is 39.5 Å². The molecule has 19 heteroatoms. The second-order valence-electron chi connectivity index (χ2n) is 28.9. The normalized spacial score (nSPS) is 13.9. The monoisotopic (exact) mass is 1440 g/mol. The molecule has 0 bridgehead atoms. The molecular weight excluding hydrogens is 1280 g/mol. The molecule has 0 fully saturated rings. The topological polar surface area (TPSA) is 237 Å². The molecule has 0 spiro atoms. The number of ether oxygens (including phenoxy) is 4. The van der Waals surface area contributed by atoms with E-state index in [1.807, 2.05) is 0 Å². The predicted molar refractivity (Wildman–Crippen MR) is 400 cm³/mol. The molecule has 0 saturated heterocycles. The van der Waals surface area contributed by atoms with Crippen molar-refractivity contribution in [1.29, 1.82) is 0 Å². The van der Waals surface area contributed by atoms with Crippen LogP contribution in [0.15, 0.2) is 0 Å². The second kappa shape index (κ2) is 72.0. The molecule has 0 saturated carbocycles. The number of rotatable bonds is 79. The number of unbranched alkanes of at least 4 members (excludes halogenated alkanes) is 51. The van der Waals surface area contributed by atoms with Crippen molar-refractivity contribution in [2.45, 2.75) is 438 Å². The van der Waals surface area contributed by atoms with Gasteiger partial charge in [0, 0.05) is 25.7 Å². The molecule has 0 heterocycles. The Kier molecular flexibility index (Phi) is 70.6. The average molecular weight is 1440 g/mol. The zero-order valence-electron chi connectivity index (χ0n) is 63.9. The second-order valence-corrected chi connectivity index (χ2v) is 31.8. The summed E-state index contributed by atoms with van der Waals surface area (Å²) < 4.78 is 68.6. The number of phosphoric acid groups is 2. The van der Waals surface area contributed by atoms with Crippen LogP contribution < -0.4 is 0 Å². The molecule has 0 aliphatic carbocycles. The van der Waals surface area contributed by atoms with Gasteiger partial charge < -0.3 is 33.8 Å². The number of hydrogen-bond donors (Lipinski definition) is 3. The van der Waals surface area contributed by atoms with Gasteiger partial charge in [-0.1, -0.05) is 369 Å². The lowest BCUT2D eigenvalue weighted by Crippen LogP contribution is -2.30. The molecule has 5 atom stereocenters. The smallest absolute Gasteiger partial charge is 0.462 e. The quantitative estimate of drug-likeness (QED) is 0.0222.